The number of hydrogen-bond acceptors (Lipinski definition) is 0. The molecule has 0 aliphatic carbocycles. The molecule has 0 fully saturated rings. The van der Waals surface area contributed by atoms with Crippen molar-refractivity contribution in [2.45, 2.75) is 13.3 Å². The normalized spacial score (nSPS) is 10.8. The third kappa shape index (κ3) is 0.952. The highest BCUT2D eigenvalue weighted by Gasteiger charge is 2.00. The first kappa shape index (κ1) is 7.47. The van der Waals surface area contributed by atoms with Crippen molar-refractivity contribution >= 4 is 18.9 Å². The lowest BCUT2D eigenvalue weighted by atomic mass is 10.2. The molecular formula is C10H10BN. The molecule has 2 aromatic rings. The molecule has 0 spiro atoms. The van der Waals surface area contributed by atoms with E-state index >= 15 is 0 Å². The van der Waals surface area contributed by atoms with E-state index in [0.717, 1.165) is 11.9 Å². The average molecular weight is 155 g/mol. The standard InChI is InChI=1S/C10H10BN/c1-2-9-7-8-5-3-4-6-10(8)12(9)11/h3-7H,2H2,1H3. The van der Waals surface area contributed by atoms with Crippen molar-refractivity contribution in [3.05, 3.63) is 36.0 Å². The van der Waals surface area contributed by atoms with Gasteiger partial charge in [0.25, 0.3) is 0 Å². The van der Waals surface area contributed by atoms with Gasteiger partial charge in [0.1, 0.15) is 0 Å². The molecule has 58 valence electrons. The van der Waals surface area contributed by atoms with Gasteiger partial charge >= 0.3 is 0 Å². The molecule has 0 atom stereocenters. The Morgan fingerprint density at radius 3 is 2.75 bits per heavy atom. The molecule has 0 N–H and O–H groups in total. The summed E-state index contributed by atoms with van der Waals surface area (Å²) in [6.07, 6.45) is 0.977. The fourth-order valence-electron chi connectivity index (χ4n) is 1.51. The van der Waals surface area contributed by atoms with Gasteiger partial charge in [-0.15, -0.1) is 0 Å². The summed E-state index contributed by atoms with van der Waals surface area (Å²) in [5, 5.41) is 1.22. The van der Waals surface area contributed by atoms with E-state index in [1.165, 1.54) is 11.1 Å². The van der Waals surface area contributed by atoms with Crippen LogP contribution in [0.1, 0.15) is 12.6 Å². The molecule has 0 aliphatic rings. The molecule has 1 heterocycles. The van der Waals surface area contributed by atoms with Crippen LogP contribution in [-0.4, -0.2) is 12.5 Å². The van der Waals surface area contributed by atoms with E-state index in [9.17, 15) is 0 Å². The lowest BCUT2D eigenvalue weighted by Crippen LogP contribution is -1.95. The van der Waals surface area contributed by atoms with Crippen molar-refractivity contribution in [3.63, 3.8) is 0 Å². The van der Waals surface area contributed by atoms with E-state index in [1.54, 1.807) is 4.48 Å². The van der Waals surface area contributed by atoms with Crippen molar-refractivity contribution in [2.24, 2.45) is 0 Å². The number of para-hydroxylation sites is 1. The highest BCUT2D eigenvalue weighted by molar-refractivity contribution is 6.12. The van der Waals surface area contributed by atoms with Crippen molar-refractivity contribution < 1.29 is 0 Å². The molecule has 12 heavy (non-hydrogen) atoms. The highest BCUT2D eigenvalue weighted by Crippen LogP contribution is 2.17. The van der Waals surface area contributed by atoms with Crippen LogP contribution >= 0.6 is 0 Å². The van der Waals surface area contributed by atoms with Crippen LogP contribution in [-0.2, 0) is 6.42 Å². The zero-order chi connectivity index (χ0) is 8.55. The molecule has 0 saturated carbocycles. The van der Waals surface area contributed by atoms with Gasteiger partial charge in [0.2, 0.25) is 7.98 Å². The molecule has 0 aliphatic heterocycles. The maximum atomic E-state index is 5.87. The first-order chi connectivity index (χ1) is 5.83. The number of nitrogens with zero attached hydrogens (tertiary/aromatic N) is 1. The highest BCUT2D eigenvalue weighted by atomic mass is 14.9. The summed E-state index contributed by atoms with van der Waals surface area (Å²) in [5.41, 5.74) is 2.28. The smallest absolute Gasteiger partial charge is 0.234 e. The van der Waals surface area contributed by atoms with Crippen molar-refractivity contribution in [3.8, 4) is 0 Å². The Labute approximate surface area is 73.4 Å². The minimum atomic E-state index is 0.977. The van der Waals surface area contributed by atoms with Gasteiger partial charge in [-0.05, 0) is 23.9 Å². The molecular weight excluding hydrogens is 145 g/mol. The summed E-state index contributed by atoms with van der Waals surface area (Å²) >= 11 is 0. The topological polar surface area (TPSA) is 4.93 Å². The zero-order valence-electron chi connectivity index (χ0n) is 7.12. The van der Waals surface area contributed by atoms with Crippen molar-refractivity contribution in [2.75, 3.05) is 0 Å². The molecule has 2 radical (unpaired) electrons. The summed E-state index contributed by atoms with van der Waals surface area (Å²) in [6.45, 7) is 2.11. The quantitative estimate of drug-likeness (QED) is 0.556. The lowest BCUT2D eigenvalue weighted by Gasteiger charge is -1.99. The van der Waals surface area contributed by atoms with Crippen LogP contribution in [0, 0.1) is 0 Å². The Kier molecular flexibility index (Phi) is 1.68. The third-order valence-corrected chi connectivity index (χ3v) is 2.19. The molecule has 0 unspecified atom stereocenters. The van der Waals surface area contributed by atoms with Crippen LogP contribution in [0.4, 0.5) is 0 Å². The molecule has 0 bridgehead atoms. The number of fused-ring (bicyclic) bond motifs is 1. The van der Waals surface area contributed by atoms with Crippen LogP contribution in [0.2, 0.25) is 0 Å². The third-order valence-electron chi connectivity index (χ3n) is 2.19. The van der Waals surface area contributed by atoms with Crippen LogP contribution in [0.5, 0.6) is 0 Å². The number of hydrogen-bond donors (Lipinski definition) is 0. The number of benzene rings is 1. The lowest BCUT2D eigenvalue weighted by molar-refractivity contribution is 1.03. The van der Waals surface area contributed by atoms with E-state index < -0.39 is 0 Å². The summed E-state index contributed by atoms with van der Waals surface area (Å²) < 4.78 is 1.76. The van der Waals surface area contributed by atoms with Crippen LogP contribution in [0.25, 0.3) is 10.9 Å². The van der Waals surface area contributed by atoms with Gasteiger partial charge in [0, 0.05) is 11.2 Å². The SMILES string of the molecule is [B]n1c(CC)cc2ccccc21. The largest absolute Gasteiger partial charge is 0.401 e. The average Bonchev–Trinajstić information content (AvgIpc) is 2.44. The summed E-state index contributed by atoms with van der Waals surface area (Å²) in [5.74, 6) is 0. The Hall–Kier alpha value is -1.18. The van der Waals surface area contributed by atoms with E-state index in [0.29, 0.717) is 0 Å². The molecule has 2 rings (SSSR count). The monoisotopic (exact) mass is 155 g/mol. The fraction of sp³-hybridized carbons (Fsp3) is 0.200. The Balaban J connectivity index is 2.78. The predicted octanol–water partition coefficient (Wildman–Crippen LogP) is 2.14. The second-order valence-corrected chi connectivity index (χ2v) is 2.92. The first-order valence-electron chi connectivity index (χ1n) is 4.17. The number of aromatic nitrogens is 1. The second-order valence-electron chi connectivity index (χ2n) is 2.92. The van der Waals surface area contributed by atoms with Gasteiger partial charge in [-0.2, -0.15) is 0 Å². The van der Waals surface area contributed by atoms with Gasteiger partial charge in [0.05, 0.1) is 0 Å². The maximum Gasteiger partial charge on any atom is 0.234 e. The Morgan fingerprint density at radius 1 is 1.33 bits per heavy atom. The van der Waals surface area contributed by atoms with Crippen LogP contribution in [0.3, 0.4) is 0 Å². The molecule has 0 saturated heterocycles. The van der Waals surface area contributed by atoms with Gasteiger partial charge in [-0.1, -0.05) is 25.1 Å². The predicted molar refractivity (Wildman–Crippen MR) is 52.5 cm³/mol. The molecule has 0 amide bonds. The van der Waals surface area contributed by atoms with Gasteiger partial charge < -0.3 is 4.48 Å². The Bertz CT molecular complexity index is 403. The van der Waals surface area contributed by atoms with Gasteiger partial charge in [0.15, 0.2) is 0 Å². The van der Waals surface area contributed by atoms with E-state index in [4.69, 9.17) is 7.98 Å². The molecule has 1 nitrogen and oxygen atoms in total. The van der Waals surface area contributed by atoms with Crippen molar-refractivity contribution in [1.82, 2.24) is 4.48 Å². The number of aryl methyl sites for hydroxylation is 1. The first-order valence-corrected chi connectivity index (χ1v) is 4.17. The second kappa shape index (κ2) is 2.70. The summed E-state index contributed by atoms with van der Waals surface area (Å²) in [6, 6.07) is 10.3. The molecule has 2 heteroatoms. The summed E-state index contributed by atoms with van der Waals surface area (Å²) in [4.78, 5) is 0. The molecule has 1 aromatic carbocycles. The van der Waals surface area contributed by atoms with E-state index in [1.807, 2.05) is 18.2 Å². The Morgan fingerprint density at radius 2 is 2.08 bits per heavy atom. The van der Waals surface area contributed by atoms with Crippen molar-refractivity contribution in [1.29, 1.82) is 0 Å². The summed E-state index contributed by atoms with van der Waals surface area (Å²) in [7, 11) is 5.87. The van der Waals surface area contributed by atoms with Crippen LogP contribution in [0.15, 0.2) is 30.3 Å². The zero-order valence-corrected chi connectivity index (χ0v) is 7.12. The van der Waals surface area contributed by atoms with Gasteiger partial charge in [-0.3, -0.25) is 0 Å². The van der Waals surface area contributed by atoms with E-state index in [2.05, 4.69) is 19.1 Å². The fourth-order valence-corrected chi connectivity index (χ4v) is 1.51. The van der Waals surface area contributed by atoms with E-state index in [-0.39, 0.29) is 0 Å². The van der Waals surface area contributed by atoms with Gasteiger partial charge in [-0.25, -0.2) is 0 Å². The molecule has 1 aromatic heterocycles. The van der Waals surface area contributed by atoms with Crippen LogP contribution < -0.4 is 0 Å². The maximum absolute atomic E-state index is 5.87. The number of rotatable bonds is 1. The minimum Gasteiger partial charge on any atom is -0.401 e. The minimum absolute atomic E-state index is 0.977.